The van der Waals surface area contributed by atoms with E-state index in [1.54, 1.807) is 0 Å². The number of benzene rings is 1. The van der Waals surface area contributed by atoms with Gasteiger partial charge in [0.25, 0.3) is 0 Å². The Hall–Kier alpha value is -1.13. The predicted molar refractivity (Wildman–Crippen MR) is 74.9 cm³/mol. The minimum atomic E-state index is -3.71. The lowest BCUT2D eigenvalue weighted by Crippen LogP contribution is -2.33. The Morgan fingerprint density at radius 2 is 2.30 bits per heavy atom. The Kier molecular flexibility index (Phi) is 5.00. The van der Waals surface area contributed by atoms with Crippen LogP contribution in [0.25, 0.3) is 0 Å². The van der Waals surface area contributed by atoms with Crippen molar-refractivity contribution in [1.82, 2.24) is 4.72 Å². The lowest BCUT2D eigenvalue weighted by Gasteiger charge is -2.22. The maximum absolute atomic E-state index is 12.2. The fraction of sp³-hybridized carbons (Fsp3) is 0.462. The SMILES string of the molecule is N#Cc1ccc(Cl)c(S(=O)(=O)NCC2CCCOC2)c1. The van der Waals surface area contributed by atoms with Crippen molar-refractivity contribution < 1.29 is 13.2 Å². The van der Waals surface area contributed by atoms with Crippen molar-refractivity contribution in [2.24, 2.45) is 5.92 Å². The fourth-order valence-corrected chi connectivity index (χ4v) is 3.69. The van der Waals surface area contributed by atoms with Crippen LogP contribution >= 0.6 is 11.6 Å². The number of sulfonamides is 1. The van der Waals surface area contributed by atoms with Crippen LogP contribution in [0.3, 0.4) is 0 Å². The highest BCUT2D eigenvalue weighted by atomic mass is 35.5. The molecule has 5 nitrogen and oxygen atoms in total. The van der Waals surface area contributed by atoms with Crippen molar-refractivity contribution >= 4 is 21.6 Å². The molecule has 1 N–H and O–H groups in total. The van der Waals surface area contributed by atoms with E-state index in [1.165, 1.54) is 18.2 Å². The fourth-order valence-electron chi connectivity index (χ4n) is 2.05. The molecule has 0 saturated carbocycles. The summed E-state index contributed by atoms with van der Waals surface area (Å²) >= 11 is 5.91. The van der Waals surface area contributed by atoms with Gasteiger partial charge < -0.3 is 4.74 Å². The first kappa shape index (κ1) is 15.3. The van der Waals surface area contributed by atoms with Gasteiger partial charge in [0.2, 0.25) is 10.0 Å². The average molecular weight is 315 g/mol. The summed E-state index contributed by atoms with van der Waals surface area (Å²) in [5.74, 6) is 0.177. The van der Waals surface area contributed by atoms with E-state index in [1.807, 2.05) is 6.07 Å². The second kappa shape index (κ2) is 6.55. The third-order valence-electron chi connectivity index (χ3n) is 3.17. The normalized spacial score (nSPS) is 19.5. The minimum Gasteiger partial charge on any atom is -0.381 e. The monoisotopic (exact) mass is 314 g/mol. The molecule has 1 aliphatic heterocycles. The quantitative estimate of drug-likeness (QED) is 0.920. The Bertz CT molecular complexity index is 619. The van der Waals surface area contributed by atoms with E-state index in [0.717, 1.165) is 19.4 Å². The number of halogens is 1. The Balaban J connectivity index is 2.11. The number of hydrogen-bond donors (Lipinski definition) is 1. The van der Waals surface area contributed by atoms with Crippen LogP contribution in [0, 0.1) is 17.2 Å². The summed E-state index contributed by atoms with van der Waals surface area (Å²) in [6.45, 7) is 1.61. The molecule has 0 aromatic heterocycles. The zero-order valence-electron chi connectivity index (χ0n) is 10.8. The summed E-state index contributed by atoms with van der Waals surface area (Å²) in [5, 5.41) is 8.94. The number of nitrogens with zero attached hydrogens (tertiary/aromatic N) is 1. The second-order valence-electron chi connectivity index (χ2n) is 4.69. The van der Waals surface area contributed by atoms with E-state index in [4.69, 9.17) is 21.6 Å². The largest absolute Gasteiger partial charge is 0.381 e. The molecule has 1 aromatic rings. The number of nitriles is 1. The van der Waals surface area contributed by atoms with Gasteiger partial charge >= 0.3 is 0 Å². The molecule has 1 aliphatic rings. The number of nitrogens with one attached hydrogen (secondary N) is 1. The molecule has 1 fully saturated rings. The highest BCUT2D eigenvalue weighted by Gasteiger charge is 2.21. The van der Waals surface area contributed by atoms with Crippen LogP contribution in [0.15, 0.2) is 23.1 Å². The van der Waals surface area contributed by atoms with Gasteiger partial charge in [0.15, 0.2) is 0 Å². The van der Waals surface area contributed by atoms with Gasteiger partial charge in [0, 0.05) is 13.2 Å². The van der Waals surface area contributed by atoms with Crippen LogP contribution < -0.4 is 4.72 Å². The highest BCUT2D eigenvalue weighted by Crippen LogP contribution is 2.23. The summed E-state index contributed by atoms with van der Waals surface area (Å²) in [7, 11) is -3.71. The maximum Gasteiger partial charge on any atom is 0.242 e. The average Bonchev–Trinajstić information content (AvgIpc) is 2.47. The smallest absolute Gasteiger partial charge is 0.242 e. The molecular formula is C13H15ClN2O3S. The van der Waals surface area contributed by atoms with Crippen molar-refractivity contribution in [3.8, 4) is 6.07 Å². The van der Waals surface area contributed by atoms with Crippen LogP contribution in [-0.4, -0.2) is 28.2 Å². The van der Waals surface area contributed by atoms with E-state index >= 15 is 0 Å². The molecule has 2 rings (SSSR count). The van der Waals surface area contributed by atoms with Crippen LogP contribution in [0.2, 0.25) is 5.02 Å². The third-order valence-corrected chi connectivity index (χ3v) is 5.07. The van der Waals surface area contributed by atoms with Crippen LogP contribution in [-0.2, 0) is 14.8 Å². The van der Waals surface area contributed by atoms with Gasteiger partial charge in [-0.3, -0.25) is 0 Å². The van der Waals surface area contributed by atoms with Crippen molar-refractivity contribution in [3.63, 3.8) is 0 Å². The first-order chi connectivity index (χ1) is 9.53. The maximum atomic E-state index is 12.2. The van der Waals surface area contributed by atoms with E-state index in [0.29, 0.717) is 13.2 Å². The van der Waals surface area contributed by atoms with Gasteiger partial charge in [-0.2, -0.15) is 5.26 Å². The molecule has 0 spiro atoms. The Morgan fingerprint density at radius 3 is 2.95 bits per heavy atom. The van der Waals surface area contributed by atoms with Crippen molar-refractivity contribution in [2.45, 2.75) is 17.7 Å². The van der Waals surface area contributed by atoms with E-state index in [-0.39, 0.29) is 21.4 Å². The molecule has 1 heterocycles. The molecule has 1 unspecified atom stereocenters. The molecule has 0 bridgehead atoms. The summed E-state index contributed by atoms with van der Waals surface area (Å²) in [6.07, 6.45) is 1.88. The molecule has 0 radical (unpaired) electrons. The lowest BCUT2D eigenvalue weighted by molar-refractivity contribution is 0.0568. The molecular weight excluding hydrogens is 300 g/mol. The summed E-state index contributed by atoms with van der Waals surface area (Å²) in [4.78, 5) is -0.0602. The van der Waals surface area contributed by atoms with Crippen molar-refractivity contribution in [1.29, 1.82) is 5.26 Å². The van der Waals surface area contributed by atoms with Gasteiger partial charge in [0.05, 0.1) is 23.3 Å². The van der Waals surface area contributed by atoms with E-state index in [9.17, 15) is 8.42 Å². The topological polar surface area (TPSA) is 79.2 Å². The molecule has 0 amide bonds. The van der Waals surface area contributed by atoms with E-state index < -0.39 is 10.0 Å². The zero-order valence-corrected chi connectivity index (χ0v) is 12.4. The molecule has 1 aromatic carbocycles. The molecule has 20 heavy (non-hydrogen) atoms. The molecule has 0 aliphatic carbocycles. The van der Waals surface area contributed by atoms with Crippen LogP contribution in [0.1, 0.15) is 18.4 Å². The van der Waals surface area contributed by atoms with Gasteiger partial charge in [0.1, 0.15) is 4.90 Å². The molecule has 7 heteroatoms. The number of hydrogen-bond acceptors (Lipinski definition) is 4. The van der Waals surface area contributed by atoms with Gasteiger partial charge in [-0.1, -0.05) is 11.6 Å². The summed E-state index contributed by atoms with van der Waals surface area (Å²) < 4.78 is 32.3. The molecule has 1 saturated heterocycles. The van der Waals surface area contributed by atoms with Gasteiger partial charge in [-0.25, -0.2) is 13.1 Å². The standard InChI is InChI=1S/C13H15ClN2O3S/c14-12-4-3-10(7-15)6-13(12)20(17,18)16-8-11-2-1-5-19-9-11/h3-4,6,11,16H,1-2,5,8-9H2. The van der Waals surface area contributed by atoms with Gasteiger partial charge in [-0.15, -0.1) is 0 Å². The lowest BCUT2D eigenvalue weighted by atomic mass is 10.0. The number of rotatable bonds is 4. The summed E-state index contributed by atoms with van der Waals surface area (Å²) in [6, 6.07) is 6.08. The first-order valence-corrected chi connectivity index (χ1v) is 8.16. The zero-order chi connectivity index (χ0) is 14.6. The molecule has 1 atom stereocenters. The first-order valence-electron chi connectivity index (χ1n) is 6.30. The minimum absolute atomic E-state index is 0.0602. The highest BCUT2D eigenvalue weighted by molar-refractivity contribution is 7.89. The van der Waals surface area contributed by atoms with Gasteiger partial charge in [-0.05, 0) is 37.0 Å². The second-order valence-corrected chi connectivity index (χ2v) is 6.83. The van der Waals surface area contributed by atoms with Crippen molar-refractivity contribution in [3.05, 3.63) is 28.8 Å². The predicted octanol–water partition coefficient (Wildman–Crippen LogP) is 1.92. The number of ether oxygens (including phenoxy) is 1. The Labute approximate surface area is 123 Å². The van der Waals surface area contributed by atoms with Crippen LogP contribution in [0.4, 0.5) is 0 Å². The summed E-state index contributed by atoms with van der Waals surface area (Å²) in [5.41, 5.74) is 0.260. The van der Waals surface area contributed by atoms with E-state index in [2.05, 4.69) is 4.72 Å². The Morgan fingerprint density at radius 1 is 1.50 bits per heavy atom. The third kappa shape index (κ3) is 3.70. The molecule has 108 valence electrons. The van der Waals surface area contributed by atoms with Crippen molar-refractivity contribution in [2.75, 3.05) is 19.8 Å². The van der Waals surface area contributed by atoms with Crippen LogP contribution in [0.5, 0.6) is 0 Å².